The molecule has 8 heteroatoms. The molecule has 0 spiro atoms. The maximum Gasteiger partial charge on any atom is 0.326 e. The lowest BCUT2D eigenvalue weighted by molar-refractivity contribution is -0.143. The number of amides is 1. The molecule has 0 saturated heterocycles. The van der Waals surface area contributed by atoms with Gasteiger partial charge in [-0.05, 0) is 24.6 Å². The Morgan fingerprint density at radius 2 is 2.21 bits per heavy atom. The van der Waals surface area contributed by atoms with Gasteiger partial charge in [0.25, 0.3) is 5.91 Å². The summed E-state index contributed by atoms with van der Waals surface area (Å²) in [6.07, 6.45) is 2.50. The molecule has 0 saturated carbocycles. The quantitative estimate of drug-likeness (QED) is 0.472. The maximum atomic E-state index is 12.4. The molecule has 150 valence electrons. The lowest BCUT2D eigenvalue weighted by Crippen LogP contribution is -2.42. The van der Waals surface area contributed by atoms with Gasteiger partial charge < -0.3 is 14.2 Å². The number of fused-ring (bicyclic) bond motifs is 1. The van der Waals surface area contributed by atoms with Crippen molar-refractivity contribution >= 4 is 28.9 Å². The Balaban J connectivity index is 1.79. The maximum absolute atomic E-state index is 12.4. The Labute approximate surface area is 168 Å². The zero-order valence-electron chi connectivity index (χ0n) is 16.1. The summed E-state index contributed by atoms with van der Waals surface area (Å²) in [5.74, 6) is -0.119. The van der Waals surface area contributed by atoms with Crippen LogP contribution in [0.3, 0.4) is 0 Å². The topological polar surface area (TPSA) is 78.0 Å². The van der Waals surface area contributed by atoms with Gasteiger partial charge >= 0.3 is 5.97 Å². The standard InChI is InChI=1S/C20H24N2O5S/c1-3-4-8-26-20(24)11-22-16-10-14(5-6-17(16)27-12-19(22)23)15-13-28-18(21-15)7-9-25-2/h5-6,10,13H,3-4,7-9,11-12H2,1-2H3. The van der Waals surface area contributed by atoms with Crippen LogP contribution >= 0.6 is 11.3 Å². The molecule has 2 aromatic rings. The number of ether oxygens (including phenoxy) is 3. The fourth-order valence-electron chi connectivity index (χ4n) is 2.79. The third-order valence-corrected chi connectivity index (χ3v) is 5.23. The Hall–Kier alpha value is -2.45. The van der Waals surface area contributed by atoms with Crippen molar-refractivity contribution in [1.29, 1.82) is 0 Å². The second-order valence-corrected chi connectivity index (χ2v) is 7.34. The summed E-state index contributed by atoms with van der Waals surface area (Å²) < 4.78 is 15.8. The third kappa shape index (κ3) is 4.88. The highest BCUT2D eigenvalue weighted by Crippen LogP contribution is 2.36. The number of esters is 1. The van der Waals surface area contributed by atoms with E-state index in [1.165, 1.54) is 4.90 Å². The molecule has 3 rings (SSSR count). The first-order valence-electron chi connectivity index (χ1n) is 9.29. The highest BCUT2D eigenvalue weighted by Gasteiger charge is 2.28. The van der Waals surface area contributed by atoms with E-state index < -0.39 is 5.97 Å². The summed E-state index contributed by atoms with van der Waals surface area (Å²) in [5.41, 5.74) is 2.25. The van der Waals surface area contributed by atoms with Crippen molar-refractivity contribution < 1.29 is 23.8 Å². The van der Waals surface area contributed by atoms with Crippen molar-refractivity contribution in [2.75, 3.05) is 38.4 Å². The van der Waals surface area contributed by atoms with Crippen molar-refractivity contribution in [3.63, 3.8) is 0 Å². The minimum absolute atomic E-state index is 0.0908. The molecule has 1 amide bonds. The largest absolute Gasteiger partial charge is 0.482 e. The summed E-state index contributed by atoms with van der Waals surface area (Å²) in [5, 5.41) is 2.96. The van der Waals surface area contributed by atoms with E-state index in [9.17, 15) is 9.59 Å². The number of hydrogen-bond donors (Lipinski definition) is 0. The Morgan fingerprint density at radius 3 is 3.00 bits per heavy atom. The smallest absolute Gasteiger partial charge is 0.326 e. The van der Waals surface area contributed by atoms with Gasteiger partial charge in [0.15, 0.2) is 6.61 Å². The van der Waals surface area contributed by atoms with E-state index >= 15 is 0 Å². The lowest BCUT2D eigenvalue weighted by Gasteiger charge is -2.29. The van der Waals surface area contributed by atoms with Crippen LogP contribution in [-0.2, 0) is 25.5 Å². The average molecular weight is 404 g/mol. The molecule has 7 nitrogen and oxygen atoms in total. The van der Waals surface area contributed by atoms with Crippen LogP contribution in [-0.4, -0.2) is 50.3 Å². The lowest BCUT2D eigenvalue weighted by atomic mass is 10.1. The SMILES string of the molecule is CCCCOC(=O)CN1C(=O)COc2ccc(-c3csc(CCOC)n3)cc21. The van der Waals surface area contributed by atoms with Gasteiger partial charge in [-0.25, -0.2) is 4.98 Å². The fraction of sp³-hybridized carbons (Fsp3) is 0.450. The number of nitrogens with zero attached hydrogens (tertiary/aromatic N) is 2. The van der Waals surface area contributed by atoms with Crippen LogP contribution in [0.2, 0.25) is 0 Å². The number of benzene rings is 1. The van der Waals surface area contributed by atoms with Crippen molar-refractivity contribution in [3.05, 3.63) is 28.6 Å². The van der Waals surface area contributed by atoms with Crippen LogP contribution in [0.5, 0.6) is 5.75 Å². The predicted molar refractivity (Wildman–Crippen MR) is 107 cm³/mol. The molecule has 1 aromatic heterocycles. The number of carbonyl (C=O) groups is 2. The zero-order valence-corrected chi connectivity index (χ0v) is 16.9. The van der Waals surface area contributed by atoms with Gasteiger partial charge in [-0.3, -0.25) is 14.5 Å². The molecule has 0 N–H and O–H groups in total. The Kier molecular flexibility index (Phi) is 7.00. The average Bonchev–Trinajstić information content (AvgIpc) is 3.17. The number of thiazole rings is 1. The second-order valence-electron chi connectivity index (χ2n) is 6.39. The number of unbranched alkanes of at least 4 members (excludes halogenated alkanes) is 1. The molecule has 0 bridgehead atoms. The monoisotopic (exact) mass is 404 g/mol. The van der Waals surface area contributed by atoms with Gasteiger partial charge in [0.1, 0.15) is 12.3 Å². The zero-order chi connectivity index (χ0) is 19.9. The normalized spacial score (nSPS) is 13.2. The molecule has 1 aliphatic rings. The highest BCUT2D eigenvalue weighted by molar-refractivity contribution is 7.09. The molecule has 0 aliphatic carbocycles. The number of hydrogen-bond acceptors (Lipinski definition) is 7. The summed E-state index contributed by atoms with van der Waals surface area (Å²) in [4.78, 5) is 30.5. The first-order chi connectivity index (χ1) is 13.6. The molecule has 0 radical (unpaired) electrons. The first-order valence-corrected chi connectivity index (χ1v) is 10.2. The number of methoxy groups -OCH3 is 1. The molecule has 28 heavy (non-hydrogen) atoms. The molecule has 1 aliphatic heterocycles. The molecule has 2 heterocycles. The van der Waals surface area contributed by atoms with Gasteiger partial charge in [-0.1, -0.05) is 13.3 Å². The van der Waals surface area contributed by atoms with Crippen LogP contribution in [0, 0.1) is 0 Å². The van der Waals surface area contributed by atoms with Gasteiger partial charge in [0.05, 0.1) is 29.6 Å². The van der Waals surface area contributed by atoms with E-state index in [4.69, 9.17) is 14.2 Å². The Morgan fingerprint density at radius 1 is 1.36 bits per heavy atom. The second kappa shape index (κ2) is 9.66. The van der Waals surface area contributed by atoms with Crippen molar-refractivity contribution in [2.45, 2.75) is 26.2 Å². The van der Waals surface area contributed by atoms with E-state index in [0.717, 1.165) is 35.5 Å². The minimum Gasteiger partial charge on any atom is -0.482 e. The summed E-state index contributed by atoms with van der Waals surface area (Å²) in [6.45, 7) is 2.79. The van der Waals surface area contributed by atoms with Gasteiger partial charge in [0.2, 0.25) is 0 Å². The highest BCUT2D eigenvalue weighted by atomic mass is 32.1. The molecule has 0 fully saturated rings. The molecular weight excluding hydrogens is 380 g/mol. The summed E-state index contributed by atoms with van der Waals surface area (Å²) >= 11 is 1.57. The predicted octanol–water partition coefficient (Wildman–Crippen LogP) is 3.07. The van der Waals surface area contributed by atoms with E-state index in [1.807, 2.05) is 24.4 Å². The number of carbonyl (C=O) groups excluding carboxylic acids is 2. The van der Waals surface area contributed by atoms with E-state index in [2.05, 4.69) is 4.98 Å². The van der Waals surface area contributed by atoms with Crippen molar-refractivity contribution in [2.24, 2.45) is 0 Å². The van der Waals surface area contributed by atoms with Crippen LogP contribution < -0.4 is 9.64 Å². The first kappa shape index (κ1) is 20.3. The number of aromatic nitrogens is 1. The van der Waals surface area contributed by atoms with E-state index in [0.29, 0.717) is 24.7 Å². The van der Waals surface area contributed by atoms with Crippen LogP contribution in [0.15, 0.2) is 23.6 Å². The molecular formula is C20H24N2O5S. The van der Waals surface area contributed by atoms with E-state index in [1.54, 1.807) is 24.5 Å². The van der Waals surface area contributed by atoms with Gasteiger partial charge in [0, 0.05) is 24.5 Å². The number of anilines is 1. The van der Waals surface area contributed by atoms with E-state index in [-0.39, 0.29) is 19.1 Å². The van der Waals surface area contributed by atoms with Crippen molar-refractivity contribution in [1.82, 2.24) is 4.98 Å². The van der Waals surface area contributed by atoms with Crippen LogP contribution in [0.25, 0.3) is 11.3 Å². The Bertz CT molecular complexity index is 836. The van der Waals surface area contributed by atoms with Crippen LogP contribution in [0.4, 0.5) is 5.69 Å². The number of rotatable bonds is 9. The minimum atomic E-state index is -0.421. The van der Waals surface area contributed by atoms with Crippen LogP contribution in [0.1, 0.15) is 24.8 Å². The van der Waals surface area contributed by atoms with Gasteiger partial charge in [-0.15, -0.1) is 11.3 Å². The summed E-state index contributed by atoms with van der Waals surface area (Å²) in [6, 6.07) is 5.54. The van der Waals surface area contributed by atoms with Gasteiger partial charge in [-0.2, -0.15) is 0 Å². The fourth-order valence-corrected chi connectivity index (χ4v) is 3.58. The molecule has 1 aromatic carbocycles. The third-order valence-electron chi connectivity index (χ3n) is 4.32. The summed E-state index contributed by atoms with van der Waals surface area (Å²) in [7, 11) is 1.66. The molecule has 0 unspecified atom stereocenters. The van der Waals surface area contributed by atoms with Crippen molar-refractivity contribution in [3.8, 4) is 17.0 Å². The molecule has 0 atom stereocenters.